The Kier molecular flexibility index (Phi) is 6.07. The van der Waals surface area contributed by atoms with Crippen molar-refractivity contribution < 1.29 is 9.21 Å². The predicted molar refractivity (Wildman–Crippen MR) is 117 cm³/mol. The molecule has 0 bridgehead atoms. The number of piperazine rings is 1. The van der Waals surface area contributed by atoms with E-state index in [-0.39, 0.29) is 5.91 Å². The molecule has 2 aromatic carbocycles. The average Bonchev–Trinajstić information content (AvgIpc) is 3.31. The third-order valence-electron chi connectivity index (χ3n) is 5.08. The molecule has 1 fully saturated rings. The summed E-state index contributed by atoms with van der Waals surface area (Å²) < 4.78 is 5.12. The molecule has 0 aliphatic carbocycles. The number of nitrogens with zero attached hydrogens (tertiary/aromatic N) is 2. The second-order valence-electron chi connectivity index (χ2n) is 7.08. The van der Waals surface area contributed by atoms with Gasteiger partial charge in [0.05, 0.1) is 6.26 Å². The molecule has 0 unspecified atom stereocenters. The minimum atomic E-state index is -0.236. The van der Waals surface area contributed by atoms with Gasteiger partial charge in [0.25, 0.3) is 5.91 Å². The van der Waals surface area contributed by atoms with Crippen molar-refractivity contribution in [2.24, 2.45) is 0 Å². The monoisotopic (exact) mass is 387 g/mol. The van der Waals surface area contributed by atoms with Crippen molar-refractivity contribution in [2.45, 2.75) is 0 Å². The van der Waals surface area contributed by atoms with Crippen LogP contribution in [-0.2, 0) is 0 Å². The summed E-state index contributed by atoms with van der Waals surface area (Å²) in [6, 6.07) is 21.7. The fourth-order valence-corrected chi connectivity index (χ4v) is 3.45. The van der Waals surface area contributed by atoms with E-state index in [1.54, 1.807) is 12.1 Å². The van der Waals surface area contributed by atoms with Crippen LogP contribution in [0.2, 0.25) is 0 Å². The van der Waals surface area contributed by atoms with Gasteiger partial charge >= 0.3 is 0 Å². The van der Waals surface area contributed by atoms with Crippen LogP contribution in [0.4, 0.5) is 11.4 Å². The molecule has 0 spiro atoms. The Morgan fingerprint density at radius 3 is 2.38 bits per heavy atom. The van der Waals surface area contributed by atoms with E-state index in [2.05, 4.69) is 63.7 Å². The number of hydrogen-bond acceptors (Lipinski definition) is 4. The molecule has 0 radical (unpaired) electrons. The number of nitrogens with one attached hydrogen (secondary N) is 1. The summed E-state index contributed by atoms with van der Waals surface area (Å²) in [6.07, 6.45) is 5.92. The molecule has 0 atom stereocenters. The smallest absolute Gasteiger partial charge is 0.291 e. The molecule has 5 nitrogen and oxygen atoms in total. The van der Waals surface area contributed by atoms with Crippen LogP contribution >= 0.6 is 0 Å². The van der Waals surface area contributed by atoms with E-state index >= 15 is 0 Å². The lowest BCUT2D eigenvalue weighted by Crippen LogP contribution is -2.46. The van der Waals surface area contributed by atoms with Gasteiger partial charge in [0.15, 0.2) is 5.76 Å². The lowest BCUT2D eigenvalue weighted by molar-refractivity contribution is 0.0996. The first kappa shape index (κ1) is 19.0. The van der Waals surface area contributed by atoms with Crippen LogP contribution in [0.3, 0.4) is 0 Å². The summed E-state index contributed by atoms with van der Waals surface area (Å²) in [6.45, 7) is 5.04. The Hall–Kier alpha value is -3.31. The molecule has 148 valence electrons. The van der Waals surface area contributed by atoms with Gasteiger partial charge in [-0.15, -0.1) is 0 Å². The van der Waals surface area contributed by atoms with Gasteiger partial charge in [0.2, 0.25) is 0 Å². The Balaban J connectivity index is 1.25. The van der Waals surface area contributed by atoms with Crippen LogP contribution < -0.4 is 10.2 Å². The fourth-order valence-electron chi connectivity index (χ4n) is 3.45. The minimum Gasteiger partial charge on any atom is -0.459 e. The van der Waals surface area contributed by atoms with Crippen LogP contribution in [0, 0.1) is 0 Å². The first-order chi connectivity index (χ1) is 14.3. The van der Waals surface area contributed by atoms with E-state index in [9.17, 15) is 4.79 Å². The maximum absolute atomic E-state index is 12.0. The average molecular weight is 387 g/mol. The summed E-state index contributed by atoms with van der Waals surface area (Å²) >= 11 is 0. The second kappa shape index (κ2) is 9.26. The summed E-state index contributed by atoms with van der Waals surface area (Å²) in [7, 11) is 0. The number of carbonyl (C=O) groups is 1. The largest absolute Gasteiger partial charge is 0.459 e. The molecule has 1 aliphatic heterocycles. The number of amides is 1. The SMILES string of the molecule is O=C(Nc1ccc(N2CCN(C/C=C/c3ccccc3)CC2)cc1)c1ccco1. The van der Waals surface area contributed by atoms with Crippen molar-refractivity contribution in [1.82, 2.24) is 4.90 Å². The molecular formula is C24H25N3O2. The molecule has 4 rings (SSSR count). The highest BCUT2D eigenvalue weighted by Gasteiger charge is 2.16. The normalized spacial score (nSPS) is 15.0. The number of benzene rings is 2. The summed E-state index contributed by atoms with van der Waals surface area (Å²) in [5, 5.41) is 2.85. The standard InChI is InChI=1S/C24H25N3O2/c28-24(23-9-5-19-29-23)25-21-10-12-22(13-11-21)27-17-15-26(16-18-27)14-4-8-20-6-2-1-3-7-20/h1-13,19H,14-18H2,(H,25,28)/b8-4+. The Bertz CT molecular complexity index is 926. The minimum absolute atomic E-state index is 0.236. The number of hydrogen-bond donors (Lipinski definition) is 1. The maximum atomic E-state index is 12.0. The molecule has 29 heavy (non-hydrogen) atoms. The Morgan fingerprint density at radius 1 is 0.931 bits per heavy atom. The zero-order valence-corrected chi connectivity index (χ0v) is 16.3. The first-order valence-electron chi connectivity index (χ1n) is 9.92. The van der Waals surface area contributed by atoms with Crippen molar-refractivity contribution in [1.29, 1.82) is 0 Å². The number of furan rings is 1. The third-order valence-corrected chi connectivity index (χ3v) is 5.08. The Labute approximate surface area is 171 Å². The number of anilines is 2. The molecule has 1 aliphatic rings. The van der Waals surface area contributed by atoms with Gasteiger partial charge in [-0.1, -0.05) is 42.5 Å². The van der Waals surface area contributed by atoms with Crippen LogP contribution in [-0.4, -0.2) is 43.5 Å². The highest BCUT2D eigenvalue weighted by molar-refractivity contribution is 6.02. The second-order valence-corrected chi connectivity index (χ2v) is 7.08. The van der Waals surface area contributed by atoms with Gasteiger partial charge in [0, 0.05) is 44.1 Å². The third kappa shape index (κ3) is 5.15. The van der Waals surface area contributed by atoms with Gasteiger partial charge < -0.3 is 14.6 Å². The van der Waals surface area contributed by atoms with Crippen molar-refractivity contribution in [2.75, 3.05) is 42.9 Å². The highest BCUT2D eigenvalue weighted by atomic mass is 16.3. The fraction of sp³-hybridized carbons (Fsp3) is 0.208. The number of carbonyl (C=O) groups excluding carboxylic acids is 1. The Morgan fingerprint density at radius 2 is 1.69 bits per heavy atom. The van der Waals surface area contributed by atoms with Crippen molar-refractivity contribution in [3.05, 3.63) is 90.4 Å². The molecule has 1 aromatic heterocycles. The lowest BCUT2D eigenvalue weighted by atomic mass is 10.2. The lowest BCUT2D eigenvalue weighted by Gasteiger charge is -2.35. The van der Waals surface area contributed by atoms with E-state index in [0.29, 0.717) is 5.76 Å². The van der Waals surface area contributed by atoms with Crippen molar-refractivity contribution in [3.63, 3.8) is 0 Å². The van der Waals surface area contributed by atoms with Crippen molar-refractivity contribution >= 4 is 23.4 Å². The van der Waals surface area contributed by atoms with Crippen LogP contribution in [0.25, 0.3) is 6.08 Å². The topological polar surface area (TPSA) is 48.7 Å². The van der Waals surface area contributed by atoms with Gasteiger partial charge in [-0.05, 0) is 42.0 Å². The quantitative estimate of drug-likeness (QED) is 0.682. The summed E-state index contributed by atoms with van der Waals surface area (Å²) in [5.74, 6) is 0.0754. The molecule has 3 aromatic rings. The van der Waals surface area contributed by atoms with Crippen LogP contribution in [0.5, 0.6) is 0 Å². The van der Waals surface area contributed by atoms with Crippen molar-refractivity contribution in [3.8, 4) is 0 Å². The zero-order chi connectivity index (χ0) is 19.9. The molecule has 2 heterocycles. The zero-order valence-electron chi connectivity index (χ0n) is 16.3. The molecule has 1 amide bonds. The van der Waals surface area contributed by atoms with E-state index in [1.165, 1.54) is 17.5 Å². The van der Waals surface area contributed by atoms with E-state index in [4.69, 9.17) is 4.42 Å². The van der Waals surface area contributed by atoms with E-state index in [1.807, 2.05) is 18.2 Å². The van der Waals surface area contributed by atoms with Gasteiger partial charge in [-0.2, -0.15) is 0 Å². The molecule has 1 saturated heterocycles. The molecule has 0 saturated carbocycles. The molecule has 5 heteroatoms. The molecule has 1 N–H and O–H groups in total. The first-order valence-corrected chi connectivity index (χ1v) is 9.92. The van der Waals surface area contributed by atoms with E-state index in [0.717, 1.165) is 38.4 Å². The van der Waals surface area contributed by atoms with Gasteiger partial charge in [-0.3, -0.25) is 9.69 Å². The van der Waals surface area contributed by atoms with Crippen LogP contribution in [0.15, 0.2) is 83.5 Å². The predicted octanol–water partition coefficient (Wildman–Crippen LogP) is 4.37. The highest BCUT2D eigenvalue weighted by Crippen LogP contribution is 2.20. The van der Waals surface area contributed by atoms with E-state index < -0.39 is 0 Å². The summed E-state index contributed by atoms with van der Waals surface area (Å²) in [4.78, 5) is 16.9. The molecular weight excluding hydrogens is 362 g/mol. The number of rotatable bonds is 6. The van der Waals surface area contributed by atoms with Gasteiger partial charge in [-0.25, -0.2) is 0 Å². The van der Waals surface area contributed by atoms with Crippen LogP contribution in [0.1, 0.15) is 16.1 Å². The summed E-state index contributed by atoms with van der Waals surface area (Å²) in [5.41, 5.74) is 3.19. The van der Waals surface area contributed by atoms with Gasteiger partial charge in [0.1, 0.15) is 0 Å². The maximum Gasteiger partial charge on any atom is 0.291 e.